The van der Waals surface area contributed by atoms with E-state index >= 15 is 0 Å². The lowest BCUT2D eigenvalue weighted by Gasteiger charge is -2.30. The summed E-state index contributed by atoms with van der Waals surface area (Å²) in [5, 5.41) is 0. The number of ketones is 1. The van der Waals surface area contributed by atoms with E-state index in [1.807, 2.05) is 62.4 Å². The number of rotatable bonds is 5. The number of nitrogens with zero attached hydrogens (tertiary/aromatic N) is 1. The molecule has 2 aliphatic heterocycles. The van der Waals surface area contributed by atoms with Crippen LogP contribution in [0.3, 0.4) is 0 Å². The van der Waals surface area contributed by atoms with E-state index in [4.69, 9.17) is 14.2 Å². The average Bonchev–Trinajstić information content (AvgIpc) is 3.12. The van der Waals surface area contributed by atoms with Gasteiger partial charge in [0.1, 0.15) is 24.0 Å². The van der Waals surface area contributed by atoms with Gasteiger partial charge in [0.2, 0.25) is 5.78 Å². The van der Waals surface area contributed by atoms with Gasteiger partial charge in [-0.3, -0.25) is 9.69 Å². The summed E-state index contributed by atoms with van der Waals surface area (Å²) < 4.78 is 17.6. The SMILES string of the molecule is CCOc1ccc(/C=C2\Oc3c(cc4c(c3C)OCN(Cc3ccccc3)C4)C2=O)cc1. The van der Waals surface area contributed by atoms with Crippen molar-refractivity contribution in [3.63, 3.8) is 0 Å². The molecule has 2 aliphatic rings. The first-order valence-corrected chi connectivity index (χ1v) is 10.8. The van der Waals surface area contributed by atoms with Crippen molar-refractivity contribution in [2.24, 2.45) is 0 Å². The van der Waals surface area contributed by atoms with Crippen molar-refractivity contribution in [1.82, 2.24) is 4.90 Å². The fourth-order valence-corrected chi connectivity index (χ4v) is 4.22. The second-order valence-electron chi connectivity index (χ2n) is 8.05. The lowest BCUT2D eigenvalue weighted by Crippen LogP contribution is -2.32. The average molecular weight is 428 g/mol. The second kappa shape index (κ2) is 8.52. The van der Waals surface area contributed by atoms with Crippen LogP contribution in [0.4, 0.5) is 0 Å². The fraction of sp³-hybridized carbons (Fsp3) is 0.222. The Labute approximate surface area is 187 Å². The summed E-state index contributed by atoms with van der Waals surface area (Å²) in [6.07, 6.45) is 1.78. The topological polar surface area (TPSA) is 48.0 Å². The van der Waals surface area contributed by atoms with Gasteiger partial charge in [-0.1, -0.05) is 42.5 Å². The standard InChI is InChI=1S/C27H25NO4/c1-3-30-22-11-9-19(10-12-22)13-24-25(29)23-14-21-16-28(15-20-7-5-4-6-8-20)17-31-26(21)18(2)27(23)32-24/h4-14H,3,15-17H2,1-2H3/b24-13-. The first-order valence-electron chi connectivity index (χ1n) is 10.8. The largest absolute Gasteiger partial charge is 0.494 e. The highest BCUT2D eigenvalue weighted by Crippen LogP contribution is 2.43. The molecule has 5 rings (SSSR count). The maximum Gasteiger partial charge on any atom is 0.231 e. The molecule has 0 aromatic heterocycles. The van der Waals surface area contributed by atoms with Crippen LogP contribution in [0.2, 0.25) is 0 Å². The highest BCUT2D eigenvalue weighted by Gasteiger charge is 2.33. The molecule has 0 unspecified atom stereocenters. The van der Waals surface area contributed by atoms with Crippen molar-refractivity contribution in [3.8, 4) is 17.2 Å². The number of carbonyl (C=O) groups excluding carboxylic acids is 1. The maximum atomic E-state index is 13.1. The molecule has 0 atom stereocenters. The molecule has 0 bridgehead atoms. The molecule has 3 aromatic carbocycles. The van der Waals surface area contributed by atoms with Gasteiger partial charge in [0.25, 0.3) is 0 Å². The lowest BCUT2D eigenvalue weighted by atomic mass is 10.00. The van der Waals surface area contributed by atoms with E-state index in [0.717, 1.165) is 41.3 Å². The zero-order valence-corrected chi connectivity index (χ0v) is 18.3. The van der Waals surface area contributed by atoms with Crippen molar-refractivity contribution < 1.29 is 19.0 Å². The molecule has 5 nitrogen and oxygen atoms in total. The van der Waals surface area contributed by atoms with Gasteiger partial charge < -0.3 is 14.2 Å². The lowest BCUT2D eigenvalue weighted by molar-refractivity contribution is 0.0876. The molecular weight excluding hydrogens is 402 g/mol. The fourth-order valence-electron chi connectivity index (χ4n) is 4.22. The number of benzene rings is 3. The molecule has 0 aliphatic carbocycles. The number of hydrogen-bond donors (Lipinski definition) is 0. The smallest absolute Gasteiger partial charge is 0.231 e. The Morgan fingerprint density at radius 3 is 2.59 bits per heavy atom. The van der Waals surface area contributed by atoms with Crippen molar-refractivity contribution in [2.75, 3.05) is 13.3 Å². The Balaban J connectivity index is 1.39. The van der Waals surface area contributed by atoms with Crippen molar-refractivity contribution in [1.29, 1.82) is 0 Å². The molecule has 162 valence electrons. The number of ether oxygens (including phenoxy) is 3. The Kier molecular flexibility index (Phi) is 5.41. The zero-order valence-electron chi connectivity index (χ0n) is 18.3. The van der Waals surface area contributed by atoms with Crippen LogP contribution in [-0.4, -0.2) is 24.0 Å². The van der Waals surface area contributed by atoms with Crippen molar-refractivity contribution in [2.45, 2.75) is 26.9 Å². The number of Topliss-reactive ketones (excluding diaryl/α,β-unsaturated/α-hetero) is 1. The summed E-state index contributed by atoms with van der Waals surface area (Å²) in [7, 11) is 0. The van der Waals surface area contributed by atoms with Crippen LogP contribution in [-0.2, 0) is 13.1 Å². The normalized spacial score (nSPS) is 16.3. The Morgan fingerprint density at radius 2 is 1.84 bits per heavy atom. The summed E-state index contributed by atoms with van der Waals surface area (Å²) in [6, 6.07) is 19.9. The minimum atomic E-state index is -0.0973. The summed E-state index contributed by atoms with van der Waals surface area (Å²) >= 11 is 0. The molecule has 5 heteroatoms. The molecule has 3 aromatic rings. The first kappa shape index (κ1) is 20.3. The van der Waals surface area contributed by atoms with E-state index in [9.17, 15) is 4.79 Å². The zero-order chi connectivity index (χ0) is 22.1. The third-order valence-corrected chi connectivity index (χ3v) is 5.74. The molecular formula is C27H25NO4. The van der Waals surface area contributed by atoms with E-state index in [2.05, 4.69) is 17.0 Å². The molecule has 0 N–H and O–H groups in total. The summed E-state index contributed by atoms with van der Waals surface area (Å²) in [6.45, 7) is 6.55. The highest BCUT2D eigenvalue weighted by atomic mass is 16.5. The van der Waals surface area contributed by atoms with Crippen LogP contribution in [0.5, 0.6) is 17.2 Å². The highest BCUT2D eigenvalue weighted by molar-refractivity contribution is 6.15. The molecule has 32 heavy (non-hydrogen) atoms. The third kappa shape index (κ3) is 3.87. The van der Waals surface area contributed by atoms with Gasteiger partial charge in [-0.05, 0) is 49.2 Å². The van der Waals surface area contributed by atoms with Gasteiger partial charge >= 0.3 is 0 Å². The van der Waals surface area contributed by atoms with Gasteiger partial charge in [-0.25, -0.2) is 0 Å². The van der Waals surface area contributed by atoms with Gasteiger partial charge in [0, 0.05) is 24.2 Å². The molecule has 0 saturated carbocycles. The van der Waals surface area contributed by atoms with E-state index in [-0.39, 0.29) is 5.78 Å². The van der Waals surface area contributed by atoms with E-state index < -0.39 is 0 Å². The summed E-state index contributed by atoms with van der Waals surface area (Å²) in [5.41, 5.74) is 4.61. The minimum Gasteiger partial charge on any atom is -0.494 e. The molecule has 0 saturated heterocycles. The van der Waals surface area contributed by atoms with E-state index in [1.54, 1.807) is 6.08 Å². The Hall–Kier alpha value is -3.57. The second-order valence-corrected chi connectivity index (χ2v) is 8.05. The van der Waals surface area contributed by atoms with Crippen molar-refractivity contribution in [3.05, 3.63) is 94.2 Å². The number of hydrogen-bond acceptors (Lipinski definition) is 5. The van der Waals surface area contributed by atoms with E-state index in [0.29, 0.717) is 30.4 Å². The Morgan fingerprint density at radius 1 is 1.06 bits per heavy atom. The monoisotopic (exact) mass is 427 g/mol. The van der Waals surface area contributed by atoms with Crippen LogP contribution >= 0.6 is 0 Å². The third-order valence-electron chi connectivity index (χ3n) is 5.74. The quantitative estimate of drug-likeness (QED) is 0.513. The molecule has 0 radical (unpaired) electrons. The Bertz CT molecular complexity index is 1180. The maximum absolute atomic E-state index is 13.1. The summed E-state index contributed by atoms with van der Waals surface area (Å²) in [4.78, 5) is 15.3. The molecule has 0 amide bonds. The van der Waals surface area contributed by atoms with Crippen LogP contribution in [0.25, 0.3) is 6.08 Å². The van der Waals surface area contributed by atoms with Gasteiger partial charge in [-0.2, -0.15) is 0 Å². The number of carbonyl (C=O) groups is 1. The van der Waals surface area contributed by atoms with Gasteiger partial charge in [0.15, 0.2) is 5.76 Å². The van der Waals surface area contributed by atoms with Gasteiger partial charge in [0.05, 0.1) is 12.2 Å². The van der Waals surface area contributed by atoms with Crippen LogP contribution in [0.1, 0.15) is 39.5 Å². The minimum absolute atomic E-state index is 0.0973. The first-order chi connectivity index (χ1) is 15.6. The van der Waals surface area contributed by atoms with E-state index in [1.165, 1.54) is 5.56 Å². The van der Waals surface area contributed by atoms with Gasteiger partial charge in [-0.15, -0.1) is 0 Å². The molecule has 0 spiro atoms. The predicted molar refractivity (Wildman–Crippen MR) is 123 cm³/mol. The predicted octanol–water partition coefficient (Wildman–Crippen LogP) is 5.36. The number of fused-ring (bicyclic) bond motifs is 2. The molecule has 0 fully saturated rings. The molecule has 2 heterocycles. The van der Waals surface area contributed by atoms with Crippen LogP contribution < -0.4 is 14.2 Å². The number of allylic oxidation sites excluding steroid dienone is 1. The summed E-state index contributed by atoms with van der Waals surface area (Å²) in [5.74, 6) is 2.46. The van der Waals surface area contributed by atoms with Crippen LogP contribution in [0, 0.1) is 6.92 Å². The van der Waals surface area contributed by atoms with Crippen molar-refractivity contribution >= 4 is 11.9 Å². The van der Waals surface area contributed by atoms with Crippen LogP contribution in [0.15, 0.2) is 66.4 Å².